The minimum atomic E-state index is -4.54. The lowest BCUT2D eigenvalue weighted by Gasteiger charge is -2.35. The van der Waals surface area contributed by atoms with Crippen LogP contribution in [0, 0.1) is 11.6 Å². The van der Waals surface area contributed by atoms with E-state index in [4.69, 9.17) is 10.5 Å². The molecule has 0 bridgehead atoms. The standard InChI is InChI=1S/C12H12F5NO/c13-6-1-2-8(14)7(5-6)11-9(18)3-4-10(19-11)12(15,16)17/h1-2,5,9-11H,3-4,18H2/t9-,10+,11+/m0/s1. The maximum atomic E-state index is 13.6. The SMILES string of the molecule is N[C@H]1CC[C@H](C(F)(F)F)O[C@@H]1c1cc(F)ccc1F. The molecule has 1 aliphatic rings. The van der Waals surface area contributed by atoms with Gasteiger partial charge in [-0.1, -0.05) is 0 Å². The van der Waals surface area contributed by atoms with Crippen LogP contribution in [-0.4, -0.2) is 18.3 Å². The lowest BCUT2D eigenvalue weighted by Crippen LogP contribution is -2.44. The first-order chi connectivity index (χ1) is 8.79. The second kappa shape index (κ2) is 5.05. The van der Waals surface area contributed by atoms with Gasteiger partial charge < -0.3 is 10.5 Å². The number of nitrogens with two attached hydrogens (primary N) is 1. The monoisotopic (exact) mass is 281 g/mol. The van der Waals surface area contributed by atoms with E-state index in [1.807, 2.05) is 0 Å². The fourth-order valence-corrected chi connectivity index (χ4v) is 2.12. The van der Waals surface area contributed by atoms with Gasteiger partial charge in [0.05, 0.1) is 0 Å². The average molecular weight is 281 g/mol. The summed E-state index contributed by atoms with van der Waals surface area (Å²) < 4.78 is 69.3. The maximum Gasteiger partial charge on any atom is 0.414 e. The van der Waals surface area contributed by atoms with Crippen molar-refractivity contribution in [3.63, 3.8) is 0 Å². The summed E-state index contributed by atoms with van der Waals surface area (Å²) in [5, 5.41) is 0. The fourth-order valence-electron chi connectivity index (χ4n) is 2.12. The van der Waals surface area contributed by atoms with E-state index in [0.29, 0.717) is 0 Å². The van der Waals surface area contributed by atoms with Crippen molar-refractivity contribution >= 4 is 0 Å². The number of hydrogen-bond acceptors (Lipinski definition) is 2. The molecular formula is C12H12F5NO. The van der Waals surface area contributed by atoms with Crippen molar-refractivity contribution in [2.75, 3.05) is 0 Å². The molecule has 1 aromatic carbocycles. The van der Waals surface area contributed by atoms with E-state index in [-0.39, 0.29) is 18.4 Å². The molecule has 0 unspecified atom stereocenters. The molecule has 1 aromatic rings. The molecule has 7 heteroatoms. The maximum absolute atomic E-state index is 13.6. The molecule has 19 heavy (non-hydrogen) atoms. The van der Waals surface area contributed by atoms with Gasteiger partial charge in [-0.2, -0.15) is 13.2 Å². The van der Waals surface area contributed by atoms with Gasteiger partial charge in [0.15, 0.2) is 6.10 Å². The van der Waals surface area contributed by atoms with Crippen LogP contribution in [0.1, 0.15) is 24.5 Å². The van der Waals surface area contributed by atoms with Crippen LogP contribution < -0.4 is 5.73 Å². The van der Waals surface area contributed by atoms with Crippen molar-refractivity contribution in [1.29, 1.82) is 0 Å². The van der Waals surface area contributed by atoms with Crippen LogP contribution >= 0.6 is 0 Å². The molecule has 0 aliphatic carbocycles. The Morgan fingerprint density at radius 2 is 1.84 bits per heavy atom. The van der Waals surface area contributed by atoms with E-state index < -0.39 is 36.1 Å². The number of hydrogen-bond donors (Lipinski definition) is 1. The van der Waals surface area contributed by atoms with Gasteiger partial charge in [0.25, 0.3) is 0 Å². The van der Waals surface area contributed by atoms with Gasteiger partial charge in [0.2, 0.25) is 0 Å². The Bertz CT molecular complexity index is 462. The first kappa shape index (κ1) is 14.2. The number of halogens is 5. The molecule has 106 valence electrons. The van der Waals surface area contributed by atoms with Crippen LogP contribution in [0.3, 0.4) is 0 Å². The molecule has 1 saturated heterocycles. The number of alkyl halides is 3. The lowest BCUT2D eigenvalue weighted by atomic mass is 9.93. The van der Waals surface area contributed by atoms with Crippen molar-refractivity contribution < 1.29 is 26.7 Å². The van der Waals surface area contributed by atoms with Gasteiger partial charge in [-0.25, -0.2) is 8.78 Å². The third kappa shape index (κ3) is 3.03. The first-order valence-electron chi connectivity index (χ1n) is 5.71. The summed E-state index contributed by atoms with van der Waals surface area (Å²) in [4.78, 5) is 0. The summed E-state index contributed by atoms with van der Waals surface area (Å²) in [6.07, 6.45) is -8.08. The molecule has 1 aliphatic heterocycles. The lowest BCUT2D eigenvalue weighted by molar-refractivity contribution is -0.249. The quantitative estimate of drug-likeness (QED) is 0.803. The van der Waals surface area contributed by atoms with Gasteiger partial charge in [0.1, 0.15) is 17.7 Å². The van der Waals surface area contributed by atoms with E-state index in [0.717, 1.165) is 18.2 Å². The van der Waals surface area contributed by atoms with Crippen LogP contribution in [0.4, 0.5) is 22.0 Å². The molecule has 2 rings (SSSR count). The van der Waals surface area contributed by atoms with Crippen LogP contribution in [0.2, 0.25) is 0 Å². The summed E-state index contributed by atoms with van der Waals surface area (Å²) in [7, 11) is 0. The smallest absolute Gasteiger partial charge is 0.359 e. The highest BCUT2D eigenvalue weighted by molar-refractivity contribution is 5.23. The van der Waals surface area contributed by atoms with Crippen LogP contribution in [0.25, 0.3) is 0 Å². The van der Waals surface area contributed by atoms with E-state index in [2.05, 4.69) is 0 Å². The summed E-state index contributed by atoms with van der Waals surface area (Å²) in [5.41, 5.74) is 5.38. The van der Waals surface area contributed by atoms with Crippen LogP contribution in [-0.2, 0) is 4.74 Å². The fraction of sp³-hybridized carbons (Fsp3) is 0.500. The Morgan fingerprint density at radius 3 is 2.47 bits per heavy atom. The summed E-state index contributed by atoms with van der Waals surface area (Å²) in [5.74, 6) is -1.58. The van der Waals surface area contributed by atoms with Crippen molar-refractivity contribution in [3.05, 3.63) is 35.4 Å². The zero-order valence-corrected chi connectivity index (χ0v) is 9.75. The molecule has 0 amide bonds. The highest BCUT2D eigenvalue weighted by Crippen LogP contribution is 2.38. The third-order valence-corrected chi connectivity index (χ3v) is 3.09. The van der Waals surface area contributed by atoms with E-state index in [1.165, 1.54) is 0 Å². The molecule has 1 heterocycles. The molecule has 2 nitrogen and oxygen atoms in total. The van der Waals surface area contributed by atoms with Gasteiger partial charge in [0, 0.05) is 11.6 Å². The largest absolute Gasteiger partial charge is 0.414 e. The van der Waals surface area contributed by atoms with Crippen molar-refractivity contribution in [1.82, 2.24) is 0 Å². The predicted octanol–water partition coefficient (Wildman–Crippen LogP) is 3.07. The van der Waals surface area contributed by atoms with Crippen molar-refractivity contribution in [3.8, 4) is 0 Å². The van der Waals surface area contributed by atoms with Gasteiger partial charge in [-0.15, -0.1) is 0 Å². The zero-order chi connectivity index (χ0) is 14.2. The molecular weight excluding hydrogens is 269 g/mol. The second-order valence-corrected chi connectivity index (χ2v) is 4.49. The predicted molar refractivity (Wildman–Crippen MR) is 57.2 cm³/mol. The van der Waals surface area contributed by atoms with Gasteiger partial charge >= 0.3 is 6.18 Å². The molecule has 3 atom stereocenters. The normalized spacial score (nSPS) is 28.4. The summed E-state index contributed by atoms with van der Waals surface area (Å²) >= 11 is 0. The van der Waals surface area contributed by atoms with E-state index >= 15 is 0 Å². The molecule has 0 saturated carbocycles. The van der Waals surface area contributed by atoms with E-state index in [1.54, 1.807) is 0 Å². The highest BCUT2D eigenvalue weighted by atomic mass is 19.4. The second-order valence-electron chi connectivity index (χ2n) is 4.49. The Balaban J connectivity index is 2.28. The first-order valence-corrected chi connectivity index (χ1v) is 5.71. The Kier molecular flexibility index (Phi) is 3.78. The van der Waals surface area contributed by atoms with Crippen molar-refractivity contribution in [2.45, 2.75) is 37.3 Å². The molecule has 0 spiro atoms. The third-order valence-electron chi connectivity index (χ3n) is 3.09. The number of ether oxygens (including phenoxy) is 1. The molecule has 0 aromatic heterocycles. The average Bonchev–Trinajstić information content (AvgIpc) is 2.32. The van der Waals surface area contributed by atoms with Gasteiger partial charge in [-0.05, 0) is 31.0 Å². The number of rotatable bonds is 1. The summed E-state index contributed by atoms with van der Waals surface area (Å²) in [6.45, 7) is 0. The molecule has 0 radical (unpaired) electrons. The van der Waals surface area contributed by atoms with Crippen LogP contribution in [0.5, 0.6) is 0 Å². The minimum absolute atomic E-state index is 0.0325. The zero-order valence-electron chi connectivity index (χ0n) is 9.75. The van der Waals surface area contributed by atoms with Crippen LogP contribution in [0.15, 0.2) is 18.2 Å². The molecule has 2 N–H and O–H groups in total. The topological polar surface area (TPSA) is 35.2 Å². The number of benzene rings is 1. The summed E-state index contributed by atoms with van der Waals surface area (Å²) in [6, 6.07) is 1.75. The highest BCUT2D eigenvalue weighted by Gasteiger charge is 2.46. The Labute approximate surface area is 106 Å². The Hall–Kier alpha value is -1.21. The van der Waals surface area contributed by atoms with Gasteiger partial charge in [-0.3, -0.25) is 0 Å². The van der Waals surface area contributed by atoms with Crippen molar-refractivity contribution in [2.24, 2.45) is 5.73 Å². The minimum Gasteiger partial charge on any atom is -0.359 e. The molecule has 1 fully saturated rings. The van der Waals surface area contributed by atoms with E-state index in [9.17, 15) is 22.0 Å². The Morgan fingerprint density at radius 1 is 1.16 bits per heavy atom.